The van der Waals surface area contributed by atoms with Gasteiger partial charge in [0.05, 0.1) is 0 Å². The van der Waals surface area contributed by atoms with E-state index in [4.69, 9.17) is 11.6 Å². The number of nitrogens with one attached hydrogen (secondary N) is 1. The predicted octanol–water partition coefficient (Wildman–Crippen LogP) is 5.21. The standard InChI is InChI=1S/C15H14BrClIN/c1-19-15(8-10-2-5-12(18)6-3-10)13-9-11(17)4-7-14(13)16/h2-7,9,15,19H,8H2,1H3. The molecule has 2 aromatic rings. The highest BCUT2D eigenvalue weighted by atomic mass is 127. The second-order valence-electron chi connectivity index (χ2n) is 4.34. The first kappa shape index (κ1) is 15.3. The van der Waals surface area contributed by atoms with E-state index >= 15 is 0 Å². The maximum absolute atomic E-state index is 6.09. The minimum atomic E-state index is 0.244. The average molecular weight is 451 g/mol. The Morgan fingerprint density at radius 2 is 1.89 bits per heavy atom. The van der Waals surface area contributed by atoms with E-state index in [0.29, 0.717) is 0 Å². The van der Waals surface area contributed by atoms with Crippen LogP contribution in [0.2, 0.25) is 5.02 Å². The van der Waals surface area contributed by atoms with Gasteiger partial charge in [0.15, 0.2) is 0 Å². The Morgan fingerprint density at radius 1 is 1.21 bits per heavy atom. The Balaban J connectivity index is 2.24. The molecule has 100 valence electrons. The molecule has 0 aliphatic heterocycles. The van der Waals surface area contributed by atoms with Gasteiger partial charge in [0, 0.05) is 19.1 Å². The van der Waals surface area contributed by atoms with Gasteiger partial charge >= 0.3 is 0 Å². The van der Waals surface area contributed by atoms with Crippen LogP contribution in [-0.4, -0.2) is 7.05 Å². The first-order chi connectivity index (χ1) is 9.10. The molecule has 0 saturated heterocycles. The van der Waals surface area contributed by atoms with Crippen molar-refractivity contribution < 1.29 is 0 Å². The topological polar surface area (TPSA) is 12.0 Å². The summed E-state index contributed by atoms with van der Waals surface area (Å²) in [5.41, 5.74) is 2.50. The first-order valence-corrected chi connectivity index (χ1v) is 8.22. The van der Waals surface area contributed by atoms with Crippen LogP contribution in [0.3, 0.4) is 0 Å². The molecule has 2 rings (SSSR count). The Hall–Kier alpha value is -0.100. The van der Waals surface area contributed by atoms with Crippen molar-refractivity contribution in [2.24, 2.45) is 0 Å². The van der Waals surface area contributed by atoms with E-state index in [1.54, 1.807) is 0 Å². The van der Waals surface area contributed by atoms with Gasteiger partial charge in [0.25, 0.3) is 0 Å². The van der Waals surface area contributed by atoms with Crippen molar-refractivity contribution in [3.63, 3.8) is 0 Å². The van der Waals surface area contributed by atoms with Crippen LogP contribution in [0.15, 0.2) is 46.9 Å². The fourth-order valence-corrected chi connectivity index (χ4v) is 3.07. The number of benzene rings is 2. The number of hydrogen-bond acceptors (Lipinski definition) is 1. The van der Waals surface area contributed by atoms with Crippen LogP contribution in [0.4, 0.5) is 0 Å². The fourth-order valence-electron chi connectivity index (χ4n) is 2.01. The minimum absolute atomic E-state index is 0.244. The maximum Gasteiger partial charge on any atom is 0.0410 e. The van der Waals surface area contributed by atoms with Crippen LogP contribution in [0.1, 0.15) is 17.2 Å². The van der Waals surface area contributed by atoms with Gasteiger partial charge in [0.2, 0.25) is 0 Å². The highest BCUT2D eigenvalue weighted by Gasteiger charge is 2.13. The van der Waals surface area contributed by atoms with Crippen molar-refractivity contribution in [1.82, 2.24) is 5.32 Å². The van der Waals surface area contributed by atoms with Crippen molar-refractivity contribution in [2.75, 3.05) is 7.05 Å². The highest BCUT2D eigenvalue weighted by Crippen LogP contribution is 2.28. The van der Waals surface area contributed by atoms with Crippen molar-refractivity contribution in [1.29, 1.82) is 0 Å². The fraction of sp³-hybridized carbons (Fsp3) is 0.200. The molecule has 0 fully saturated rings. The third-order valence-electron chi connectivity index (χ3n) is 3.04. The lowest BCUT2D eigenvalue weighted by molar-refractivity contribution is 0.590. The molecule has 0 radical (unpaired) electrons. The van der Waals surface area contributed by atoms with Crippen molar-refractivity contribution in [3.05, 3.63) is 66.7 Å². The molecule has 0 amide bonds. The van der Waals surface area contributed by atoms with Gasteiger partial charge in [-0.05, 0) is 77.5 Å². The number of hydrogen-bond donors (Lipinski definition) is 1. The zero-order valence-electron chi connectivity index (χ0n) is 10.5. The molecule has 1 unspecified atom stereocenters. The third-order valence-corrected chi connectivity index (χ3v) is 4.71. The smallest absolute Gasteiger partial charge is 0.0410 e. The average Bonchev–Trinajstić information content (AvgIpc) is 2.41. The Labute approximate surface area is 141 Å². The van der Waals surface area contributed by atoms with Crippen LogP contribution in [-0.2, 0) is 6.42 Å². The Morgan fingerprint density at radius 3 is 2.53 bits per heavy atom. The lowest BCUT2D eigenvalue weighted by Crippen LogP contribution is -2.19. The summed E-state index contributed by atoms with van der Waals surface area (Å²) in [6.07, 6.45) is 0.937. The highest BCUT2D eigenvalue weighted by molar-refractivity contribution is 14.1. The molecular weight excluding hydrogens is 436 g/mol. The van der Waals surface area contributed by atoms with Gasteiger partial charge in [-0.15, -0.1) is 0 Å². The molecule has 0 aliphatic rings. The quantitative estimate of drug-likeness (QED) is 0.631. The monoisotopic (exact) mass is 449 g/mol. The summed E-state index contributed by atoms with van der Waals surface area (Å²) in [6.45, 7) is 0. The molecule has 0 saturated carbocycles. The number of likely N-dealkylation sites (N-methyl/N-ethyl adjacent to an activating group) is 1. The predicted molar refractivity (Wildman–Crippen MR) is 93.8 cm³/mol. The summed E-state index contributed by atoms with van der Waals surface area (Å²) in [5.74, 6) is 0. The largest absolute Gasteiger partial charge is 0.313 e. The van der Waals surface area contributed by atoms with Crippen LogP contribution in [0.5, 0.6) is 0 Å². The van der Waals surface area contributed by atoms with Crippen LogP contribution < -0.4 is 5.32 Å². The number of rotatable bonds is 4. The van der Waals surface area contributed by atoms with Crippen molar-refractivity contribution in [3.8, 4) is 0 Å². The molecule has 1 atom stereocenters. The lowest BCUT2D eigenvalue weighted by atomic mass is 9.99. The lowest BCUT2D eigenvalue weighted by Gasteiger charge is -2.18. The molecule has 1 nitrogen and oxygen atoms in total. The second-order valence-corrected chi connectivity index (χ2v) is 6.87. The molecular formula is C15H14BrClIN. The van der Waals surface area contributed by atoms with Crippen LogP contribution in [0.25, 0.3) is 0 Å². The van der Waals surface area contributed by atoms with E-state index in [2.05, 4.69) is 68.1 Å². The summed E-state index contributed by atoms with van der Waals surface area (Å²) in [4.78, 5) is 0. The molecule has 0 heterocycles. The van der Waals surface area contributed by atoms with Crippen molar-refractivity contribution in [2.45, 2.75) is 12.5 Å². The normalized spacial score (nSPS) is 12.4. The van der Waals surface area contributed by atoms with Gasteiger partial charge in [0.1, 0.15) is 0 Å². The molecule has 0 aliphatic carbocycles. The van der Waals surface area contributed by atoms with E-state index in [1.807, 2.05) is 25.2 Å². The molecule has 19 heavy (non-hydrogen) atoms. The van der Waals surface area contributed by atoms with Crippen molar-refractivity contribution >= 4 is 50.1 Å². The Kier molecular flexibility index (Phi) is 5.69. The summed E-state index contributed by atoms with van der Waals surface area (Å²) < 4.78 is 2.34. The molecule has 2 aromatic carbocycles. The van der Waals surface area contributed by atoms with Gasteiger partial charge < -0.3 is 5.32 Å². The van der Waals surface area contributed by atoms with E-state index in [-0.39, 0.29) is 6.04 Å². The third kappa shape index (κ3) is 4.18. The van der Waals surface area contributed by atoms with E-state index in [0.717, 1.165) is 15.9 Å². The SMILES string of the molecule is CNC(Cc1ccc(I)cc1)c1cc(Cl)ccc1Br. The van der Waals surface area contributed by atoms with E-state index in [9.17, 15) is 0 Å². The summed E-state index contributed by atoms with van der Waals surface area (Å²) in [5, 5.41) is 4.12. The summed E-state index contributed by atoms with van der Waals surface area (Å²) >= 11 is 12.0. The van der Waals surface area contributed by atoms with Crippen LogP contribution in [0, 0.1) is 3.57 Å². The zero-order chi connectivity index (χ0) is 13.8. The zero-order valence-corrected chi connectivity index (χ0v) is 15.0. The van der Waals surface area contributed by atoms with Crippen LogP contribution >= 0.6 is 50.1 Å². The molecule has 4 heteroatoms. The minimum Gasteiger partial charge on any atom is -0.313 e. The molecule has 0 bridgehead atoms. The van der Waals surface area contributed by atoms with Gasteiger partial charge in [-0.2, -0.15) is 0 Å². The van der Waals surface area contributed by atoms with E-state index in [1.165, 1.54) is 14.7 Å². The van der Waals surface area contributed by atoms with Gasteiger partial charge in [-0.1, -0.05) is 39.7 Å². The van der Waals surface area contributed by atoms with E-state index < -0.39 is 0 Å². The molecule has 0 spiro atoms. The molecule has 0 aromatic heterocycles. The first-order valence-electron chi connectivity index (χ1n) is 5.97. The second kappa shape index (κ2) is 7.07. The number of halogens is 3. The molecule has 1 N–H and O–H groups in total. The summed E-state index contributed by atoms with van der Waals surface area (Å²) in [7, 11) is 1.98. The Bertz CT molecular complexity index is 557. The summed E-state index contributed by atoms with van der Waals surface area (Å²) in [6, 6.07) is 14.8. The maximum atomic E-state index is 6.09. The van der Waals surface area contributed by atoms with Gasteiger partial charge in [-0.3, -0.25) is 0 Å². The van der Waals surface area contributed by atoms with Gasteiger partial charge in [-0.25, -0.2) is 0 Å².